The SMILES string of the molecule is CN(CCC#N)C(=O)C(NC(=O)c1ccccc1)c1ccccc1. The zero-order valence-corrected chi connectivity index (χ0v) is 13.5. The topological polar surface area (TPSA) is 73.2 Å². The molecule has 2 amide bonds. The molecule has 2 rings (SSSR count). The Morgan fingerprint density at radius 1 is 1.08 bits per heavy atom. The maximum absolute atomic E-state index is 12.7. The maximum Gasteiger partial charge on any atom is 0.252 e. The number of rotatable bonds is 6. The number of carbonyl (C=O) groups excluding carboxylic acids is 2. The molecule has 0 aromatic heterocycles. The van der Waals surface area contributed by atoms with Crippen LogP contribution in [0.4, 0.5) is 0 Å². The van der Waals surface area contributed by atoms with Gasteiger partial charge in [0.1, 0.15) is 6.04 Å². The minimum absolute atomic E-state index is 0.246. The van der Waals surface area contributed by atoms with Crippen LogP contribution in [-0.2, 0) is 4.79 Å². The number of nitrogens with one attached hydrogen (secondary N) is 1. The van der Waals surface area contributed by atoms with E-state index in [2.05, 4.69) is 5.32 Å². The highest BCUT2D eigenvalue weighted by Gasteiger charge is 2.25. The van der Waals surface area contributed by atoms with Gasteiger partial charge in [-0.15, -0.1) is 0 Å². The highest BCUT2D eigenvalue weighted by Crippen LogP contribution is 2.16. The number of nitriles is 1. The van der Waals surface area contributed by atoms with E-state index in [9.17, 15) is 9.59 Å². The van der Waals surface area contributed by atoms with Crippen molar-refractivity contribution in [1.29, 1.82) is 5.26 Å². The van der Waals surface area contributed by atoms with Crippen LogP contribution in [-0.4, -0.2) is 30.3 Å². The molecule has 0 radical (unpaired) electrons. The summed E-state index contributed by atoms with van der Waals surface area (Å²) in [7, 11) is 1.63. The molecular formula is C19H19N3O2. The molecule has 24 heavy (non-hydrogen) atoms. The fourth-order valence-electron chi connectivity index (χ4n) is 2.29. The van der Waals surface area contributed by atoms with E-state index in [1.165, 1.54) is 4.90 Å². The minimum atomic E-state index is -0.789. The van der Waals surface area contributed by atoms with E-state index in [1.807, 2.05) is 30.3 Å². The summed E-state index contributed by atoms with van der Waals surface area (Å²) in [6, 6.07) is 19.1. The van der Waals surface area contributed by atoms with Gasteiger partial charge >= 0.3 is 0 Å². The van der Waals surface area contributed by atoms with Crippen molar-refractivity contribution in [2.45, 2.75) is 12.5 Å². The van der Waals surface area contributed by atoms with Gasteiger partial charge in [-0.25, -0.2) is 0 Å². The van der Waals surface area contributed by atoms with E-state index in [4.69, 9.17) is 5.26 Å². The zero-order chi connectivity index (χ0) is 17.4. The predicted molar refractivity (Wildman–Crippen MR) is 91.0 cm³/mol. The molecule has 0 saturated carbocycles. The summed E-state index contributed by atoms with van der Waals surface area (Å²) in [5.41, 5.74) is 1.20. The first-order valence-corrected chi connectivity index (χ1v) is 7.66. The molecule has 0 saturated heterocycles. The fraction of sp³-hybridized carbons (Fsp3) is 0.211. The van der Waals surface area contributed by atoms with Crippen LogP contribution in [0.15, 0.2) is 60.7 Å². The lowest BCUT2D eigenvalue weighted by Crippen LogP contribution is -2.41. The average molecular weight is 321 g/mol. The molecule has 0 aliphatic carbocycles. The third kappa shape index (κ3) is 4.43. The Kier molecular flexibility index (Phi) is 6.09. The lowest BCUT2D eigenvalue weighted by Gasteiger charge is -2.24. The van der Waals surface area contributed by atoms with Crippen molar-refractivity contribution in [3.63, 3.8) is 0 Å². The van der Waals surface area contributed by atoms with Gasteiger partial charge in [0.05, 0.1) is 12.5 Å². The first kappa shape index (κ1) is 17.2. The first-order chi connectivity index (χ1) is 11.6. The Balaban J connectivity index is 2.22. The van der Waals surface area contributed by atoms with Gasteiger partial charge in [-0.1, -0.05) is 48.5 Å². The summed E-state index contributed by atoms with van der Waals surface area (Å²) in [4.78, 5) is 26.6. The minimum Gasteiger partial charge on any atom is -0.343 e. The van der Waals surface area contributed by atoms with Gasteiger partial charge in [0, 0.05) is 19.2 Å². The van der Waals surface area contributed by atoms with Crippen LogP contribution in [0.3, 0.4) is 0 Å². The monoisotopic (exact) mass is 321 g/mol. The van der Waals surface area contributed by atoms with Crippen molar-refractivity contribution >= 4 is 11.8 Å². The highest BCUT2D eigenvalue weighted by molar-refractivity contribution is 5.97. The molecule has 122 valence electrons. The first-order valence-electron chi connectivity index (χ1n) is 7.66. The number of hydrogen-bond acceptors (Lipinski definition) is 3. The van der Waals surface area contributed by atoms with E-state index >= 15 is 0 Å². The number of carbonyl (C=O) groups is 2. The Morgan fingerprint density at radius 2 is 1.67 bits per heavy atom. The smallest absolute Gasteiger partial charge is 0.252 e. The molecule has 0 aliphatic rings. The van der Waals surface area contributed by atoms with Gasteiger partial charge in [0.25, 0.3) is 5.91 Å². The number of hydrogen-bond donors (Lipinski definition) is 1. The molecule has 1 N–H and O–H groups in total. The van der Waals surface area contributed by atoms with Crippen molar-refractivity contribution in [2.24, 2.45) is 0 Å². The molecule has 5 nitrogen and oxygen atoms in total. The van der Waals surface area contributed by atoms with Crippen LogP contribution in [0.2, 0.25) is 0 Å². The maximum atomic E-state index is 12.7. The van der Waals surface area contributed by atoms with Crippen LogP contribution in [0.5, 0.6) is 0 Å². The second-order valence-electron chi connectivity index (χ2n) is 5.35. The summed E-state index contributed by atoms with van der Waals surface area (Å²) in [5, 5.41) is 11.5. The lowest BCUT2D eigenvalue weighted by molar-refractivity contribution is -0.132. The van der Waals surface area contributed by atoms with Crippen LogP contribution < -0.4 is 5.32 Å². The van der Waals surface area contributed by atoms with Gasteiger partial charge in [-0.3, -0.25) is 9.59 Å². The highest BCUT2D eigenvalue weighted by atomic mass is 16.2. The van der Waals surface area contributed by atoms with Crippen LogP contribution in [0, 0.1) is 11.3 Å². The van der Waals surface area contributed by atoms with Crippen molar-refractivity contribution in [3.05, 3.63) is 71.8 Å². The van der Waals surface area contributed by atoms with Crippen LogP contribution in [0.25, 0.3) is 0 Å². The molecule has 0 aliphatic heterocycles. The summed E-state index contributed by atoms with van der Waals surface area (Å²) in [6.07, 6.45) is 0.246. The Hall–Kier alpha value is -3.13. The number of nitrogens with zero attached hydrogens (tertiary/aromatic N) is 2. The predicted octanol–water partition coefficient (Wildman–Crippen LogP) is 2.53. The molecule has 5 heteroatoms. The van der Waals surface area contributed by atoms with Crippen molar-refractivity contribution in [1.82, 2.24) is 10.2 Å². The fourth-order valence-corrected chi connectivity index (χ4v) is 2.29. The number of amides is 2. The van der Waals surface area contributed by atoms with E-state index in [1.54, 1.807) is 43.4 Å². The van der Waals surface area contributed by atoms with Crippen LogP contribution >= 0.6 is 0 Å². The van der Waals surface area contributed by atoms with E-state index in [-0.39, 0.29) is 18.2 Å². The molecule has 2 aromatic rings. The van der Waals surface area contributed by atoms with E-state index in [0.29, 0.717) is 17.7 Å². The second-order valence-corrected chi connectivity index (χ2v) is 5.35. The molecule has 1 atom stereocenters. The normalized spacial score (nSPS) is 11.2. The quantitative estimate of drug-likeness (QED) is 0.888. The van der Waals surface area contributed by atoms with Crippen LogP contribution in [0.1, 0.15) is 28.4 Å². The van der Waals surface area contributed by atoms with Gasteiger partial charge in [0.2, 0.25) is 5.91 Å². The molecule has 2 aromatic carbocycles. The number of benzene rings is 2. The third-order valence-electron chi connectivity index (χ3n) is 3.63. The van der Waals surface area contributed by atoms with Crippen molar-refractivity contribution < 1.29 is 9.59 Å². The number of likely N-dealkylation sites (N-methyl/N-ethyl adjacent to an activating group) is 1. The Labute approximate surface area is 141 Å². The van der Waals surface area contributed by atoms with E-state index in [0.717, 1.165) is 0 Å². The standard InChI is InChI=1S/C19H19N3O2/c1-22(14-8-13-20)19(24)17(15-9-4-2-5-10-15)21-18(23)16-11-6-3-7-12-16/h2-7,9-12,17H,8,14H2,1H3,(H,21,23). The van der Waals surface area contributed by atoms with Gasteiger partial charge < -0.3 is 10.2 Å². The largest absolute Gasteiger partial charge is 0.343 e. The summed E-state index contributed by atoms with van der Waals surface area (Å²) >= 11 is 0. The lowest BCUT2D eigenvalue weighted by atomic mass is 10.0. The molecule has 0 bridgehead atoms. The van der Waals surface area contributed by atoms with Gasteiger partial charge in [-0.05, 0) is 17.7 Å². The van der Waals surface area contributed by atoms with Gasteiger partial charge in [-0.2, -0.15) is 5.26 Å². The Morgan fingerprint density at radius 3 is 2.25 bits per heavy atom. The van der Waals surface area contributed by atoms with Crippen molar-refractivity contribution in [3.8, 4) is 6.07 Å². The molecule has 1 unspecified atom stereocenters. The zero-order valence-electron chi connectivity index (χ0n) is 13.5. The summed E-state index contributed by atoms with van der Waals surface area (Å²) in [6.45, 7) is 0.319. The third-order valence-corrected chi connectivity index (χ3v) is 3.63. The van der Waals surface area contributed by atoms with Crippen molar-refractivity contribution in [2.75, 3.05) is 13.6 Å². The molecule has 0 heterocycles. The molecule has 0 fully saturated rings. The molecule has 0 spiro atoms. The average Bonchev–Trinajstić information content (AvgIpc) is 2.64. The second kappa shape index (κ2) is 8.49. The van der Waals surface area contributed by atoms with Gasteiger partial charge in [0.15, 0.2) is 0 Å². The summed E-state index contributed by atoms with van der Waals surface area (Å²) < 4.78 is 0. The Bertz CT molecular complexity index is 723. The van der Waals surface area contributed by atoms with E-state index < -0.39 is 6.04 Å². The summed E-state index contributed by atoms with van der Waals surface area (Å²) in [5.74, 6) is -0.563. The molecular weight excluding hydrogens is 302 g/mol.